The number of rotatable bonds is 8. The monoisotopic (exact) mass is 342 g/mol. The lowest BCUT2D eigenvalue weighted by atomic mass is 10.1. The number of nitrogens with one attached hydrogen (secondary N) is 3. The molecule has 0 bridgehead atoms. The molecule has 2 aromatic rings. The fraction of sp³-hybridized carbons (Fsp3) is 0.368. The molecule has 0 fully saturated rings. The second kappa shape index (κ2) is 10.2. The average molecular weight is 342 g/mol. The summed E-state index contributed by atoms with van der Waals surface area (Å²) in [5, 5.41) is 9.23. The van der Waals surface area contributed by atoms with Crippen LogP contribution in [0.3, 0.4) is 0 Å². The van der Waals surface area contributed by atoms with Crippen molar-refractivity contribution in [3.8, 4) is 0 Å². The molecule has 0 aliphatic heterocycles. The SMILES string of the molecule is CCNC(=NCc1ccccc1CC)NCCNC(=O)c1ccco1. The third-order valence-electron chi connectivity index (χ3n) is 3.70. The van der Waals surface area contributed by atoms with Crippen molar-refractivity contribution in [2.24, 2.45) is 4.99 Å². The number of guanidine groups is 1. The molecule has 134 valence electrons. The summed E-state index contributed by atoms with van der Waals surface area (Å²) in [6.07, 6.45) is 2.48. The predicted octanol–water partition coefficient (Wildman–Crippen LogP) is 2.33. The van der Waals surface area contributed by atoms with Gasteiger partial charge in [-0.3, -0.25) is 4.79 Å². The molecule has 1 aromatic heterocycles. The molecule has 0 unspecified atom stereocenters. The Balaban J connectivity index is 1.82. The maximum absolute atomic E-state index is 11.8. The second-order valence-corrected chi connectivity index (χ2v) is 5.48. The first-order valence-electron chi connectivity index (χ1n) is 8.65. The zero-order valence-corrected chi connectivity index (χ0v) is 14.8. The number of hydrogen-bond donors (Lipinski definition) is 3. The number of amides is 1. The summed E-state index contributed by atoms with van der Waals surface area (Å²) in [7, 11) is 0. The fourth-order valence-electron chi connectivity index (χ4n) is 2.41. The van der Waals surface area contributed by atoms with E-state index < -0.39 is 0 Å². The maximum Gasteiger partial charge on any atom is 0.287 e. The minimum absolute atomic E-state index is 0.217. The largest absolute Gasteiger partial charge is 0.459 e. The Morgan fingerprint density at radius 1 is 1.00 bits per heavy atom. The summed E-state index contributed by atoms with van der Waals surface area (Å²) in [6, 6.07) is 11.7. The molecule has 3 N–H and O–H groups in total. The van der Waals surface area contributed by atoms with Gasteiger partial charge in [-0.2, -0.15) is 0 Å². The van der Waals surface area contributed by atoms with E-state index in [0.29, 0.717) is 25.4 Å². The van der Waals surface area contributed by atoms with Crippen molar-refractivity contribution in [3.05, 3.63) is 59.5 Å². The first-order chi connectivity index (χ1) is 12.2. The van der Waals surface area contributed by atoms with Crippen LogP contribution in [0.1, 0.15) is 35.5 Å². The molecule has 0 aliphatic carbocycles. The number of aryl methyl sites for hydroxylation is 1. The van der Waals surface area contributed by atoms with E-state index in [9.17, 15) is 4.79 Å². The van der Waals surface area contributed by atoms with Gasteiger partial charge in [0.15, 0.2) is 11.7 Å². The zero-order valence-electron chi connectivity index (χ0n) is 14.8. The first kappa shape index (κ1) is 18.6. The van der Waals surface area contributed by atoms with Gasteiger partial charge in [0, 0.05) is 19.6 Å². The highest BCUT2D eigenvalue weighted by atomic mass is 16.3. The molecule has 1 heterocycles. The van der Waals surface area contributed by atoms with Gasteiger partial charge in [0.05, 0.1) is 12.8 Å². The highest BCUT2D eigenvalue weighted by Crippen LogP contribution is 2.10. The van der Waals surface area contributed by atoms with E-state index in [1.54, 1.807) is 12.1 Å². The number of carbonyl (C=O) groups excluding carboxylic acids is 1. The van der Waals surface area contributed by atoms with Gasteiger partial charge in [-0.15, -0.1) is 0 Å². The summed E-state index contributed by atoms with van der Waals surface area (Å²) in [6.45, 7) is 6.63. The Bertz CT molecular complexity index is 680. The Labute approximate surface area is 148 Å². The Morgan fingerprint density at radius 2 is 1.76 bits per heavy atom. The summed E-state index contributed by atoms with van der Waals surface area (Å²) in [5.41, 5.74) is 2.54. The highest BCUT2D eigenvalue weighted by Gasteiger charge is 2.07. The molecule has 1 amide bonds. The van der Waals surface area contributed by atoms with Crippen molar-refractivity contribution in [2.75, 3.05) is 19.6 Å². The molecular formula is C19H26N4O2. The molecule has 0 radical (unpaired) electrons. The van der Waals surface area contributed by atoms with Crippen LogP contribution in [0, 0.1) is 0 Å². The van der Waals surface area contributed by atoms with Crippen molar-refractivity contribution < 1.29 is 9.21 Å². The van der Waals surface area contributed by atoms with Gasteiger partial charge >= 0.3 is 0 Å². The Morgan fingerprint density at radius 3 is 2.44 bits per heavy atom. The topological polar surface area (TPSA) is 78.7 Å². The maximum atomic E-state index is 11.8. The molecule has 0 atom stereocenters. The average Bonchev–Trinajstić information content (AvgIpc) is 3.18. The third kappa shape index (κ3) is 5.99. The predicted molar refractivity (Wildman–Crippen MR) is 99.7 cm³/mol. The summed E-state index contributed by atoms with van der Waals surface area (Å²) in [4.78, 5) is 16.4. The smallest absolute Gasteiger partial charge is 0.287 e. The van der Waals surface area contributed by atoms with Gasteiger partial charge in [-0.1, -0.05) is 31.2 Å². The third-order valence-corrected chi connectivity index (χ3v) is 3.70. The van der Waals surface area contributed by atoms with Crippen molar-refractivity contribution in [2.45, 2.75) is 26.8 Å². The van der Waals surface area contributed by atoms with Crippen LogP contribution in [0.25, 0.3) is 0 Å². The van der Waals surface area contributed by atoms with Crippen LogP contribution >= 0.6 is 0 Å². The molecular weight excluding hydrogens is 316 g/mol. The lowest BCUT2D eigenvalue weighted by molar-refractivity contribution is 0.0926. The van der Waals surface area contributed by atoms with Gasteiger partial charge < -0.3 is 20.4 Å². The molecule has 25 heavy (non-hydrogen) atoms. The number of hydrogen-bond acceptors (Lipinski definition) is 3. The number of furan rings is 1. The highest BCUT2D eigenvalue weighted by molar-refractivity contribution is 5.91. The van der Waals surface area contributed by atoms with Gasteiger partial charge in [0.25, 0.3) is 5.91 Å². The van der Waals surface area contributed by atoms with Crippen LogP contribution in [-0.2, 0) is 13.0 Å². The normalized spacial score (nSPS) is 11.2. The molecule has 0 saturated carbocycles. The Hall–Kier alpha value is -2.76. The molecule has 0 aliphatic rings. The number of aliphatic imine (C=N–C) groups is 1. The molecule has 0 spiro atoms. The van der Waals surface area contributed by atoms with E-state index in [0.717, 1.165) is 18.9 Å². The van der Waals surface area contributed by atoms with Crippen LogP contribution in [0.4, 0.5) is 0 Å². The van der Waals surface area contributed by atoms with E-state index in [-0.39, 0.29) is 5.91 Å². The number of carbonyl (C=O) groups is 1. The van der Waals surface area contributed by atoms with Crippen LogP contribution in [0.15, 0.2) is 52.1 Å². The molecule has 2 rings (SSSR count). The summed E-state index contributed by atoms with van der Waals surface area (Å²) >= 11 is 0. The molecule has 6 heteroatoms. The standard InChI is InChI=1S/C19H26N4O2/c1-3-15-8-5-6-9-16(15)14-23-19(20-4-2)22-12-11-21-18(24)17-10-7-13-25-17/h5-10,13H,3-4,11-12,14H2,1-2H3,(H,21,24)(H2,20,22,23). The molecule has 6 nitrogen and oxygen atoms in total. The minimum Gasteiger partial charge on any atom is -0.459 e. The molecule has 1 aromatic carbocycles. The van der Waals surface area contributed by atoms with Crippen molar-refractivity contribution in [3.63, 3.8) is 0 Å². The zero-order chi connectivity index (χ0) is 17.9. The van der Waals surface area contributed by atoms with Crippen LogP contribution in [0.2, 0.25) is 0 Å². The van der Waals surface area contributed by atoms with E-state index in [1.807, 2.05) is 13.0 Å². The van der Waals surface area contributed by atoms with Crippen molar-refractivity contribution in [1.29, 1.82) is 0 Å². The quantitative estimate of drug-likeness (QED) is 0.391. The van der Waals surface area contributed by atoms with Crippen LogP contribution in [-0.4, -0.2) is 31.5 Å². The van der Waals surface area contributed by atoms with Gasteiger partial charge in [-0.05, 0) is 36.6 Å². The molecule has 0 saturated heterocycles. The summed E-state index contributed by atoms with van der Waals surface area (Å²) in [5.74, 6) is 0.836. The fourth-order valence-corrected chi connectivity index (χ4v) is 2.41. The van der Waals surface area contributed by atoms with Crippen molar-refractivity contribution in [1.82, 2.24) is 16.0 Å². The number of nitrogens with zero attached hydrogens (tertiary/aromatic N) is 1. The minimum atomic E-state index is -0.217. The van der Waals surface area contributed by atoms with E-state index in [2.05, 4.69) is 46.1 Å². The van der Waals surface area contributed by atoms with Gasteiger partial charge in [0.1, 0.15) is 0 Å². The van der Waals surface area contributed by atoms with Gasteiger partial charge in [0.2, 0.25) is 0 Å². The summed E-state index contributed by atoms with van der Waals surface area (Å²) < 4.78 is 5.05. The van der Waals surface area contributed by atoms with Crippen molar-refractivity contribution >= 4 is 11.9 Å². The van der Waals surface area contributed by atoms with Crippen LogP contribution in [0.5, 0.6) is 0 Å². The van der Waals surface area contributed by atoms with E-state index in [1.165, 1.54) is 17.4 Å². The Kier molecular flexibility index (Phi) is 7.56. The second-order valence-electron chi connectivity index (χ2n) is 5.48. The van der Waals surface area contributed by atoms with Gasteiger partial charge in [-0.25, -0.2) is 4.99 Å². The lowest BCUT2D eigenvalue weighted by Gasteiger charge is -2.12. The number of benzene rings is 1. The van der Waals surface area contributed by atoms with E-state index in [4.69, 9.17) is 4.42 Å². The van der Waals surface area contributed by atoms with E-state index >= 15 is 0 Å². The lowest BCUT2D eigenvalue weighted by Crippen LogP contribution is -2.41. The first-order valence-corrected chi connectivity index (χ1v) is 8.65. The van der Waals surface area contributed by atoms with Crippen LogP contribution < -0.4 is 16.0 Å².